The van der Waals surface area contributed by atoms with E-state index in [2.05, 4.69) is 0 Å². The van der Waals surface area contributed by atoms with Crippen LogP contribution in [0.2, 0.25) is 0 Å². The molecule has 0 aromatic heterocycles. The molecule has 1 aromatic carbocycles. The third kappa shape index (κ3) is 5.31. The van der Waals surface area contributed by atoms with E-state index in [0.717, 1.165) is 5.56 Å². The molecule has 142 valence electrons. The van der Waals surface area contributed by atoms with Gasteiger partial charge in [0, 0.05) is 19.0 Å². The number of rotatable bonds is 7. The van der Waals surface area contributed by atoms with Crippen LogP contribution in [0.25, 0.3) is 0 Å². The van der Waals surface area contributed by atoms with Gasteiger partial charge in [0.25, 0.3) is 0 Å². The molecule has 0 N–H and O–H groups in total. The summed E-state index contributed by atoms with van der Waals surface area (Å²) < 4.78 is 9.86. The number of methoxy groups -OCH3 is 1. The van der Waals surface area contributed by atoms with Crippen molar-refractivity contribution in [1.82, 2.24) is 4.90 Å². The number of carbonyl (C=O) groups excluding carboxylic acids is 3. The smallest absolute Gasteiger partial charge is 0.409 e. The van der Waals surface area contributed by atoms with Crippen LogP contribution in [0.15, 0.2) is 30.3 Å². The van der Waals surface area contributed by atoms with Crippen molar-refractivity contribution in [3.05, 3.63) is 35.9 Å². The van der Waals surface area contributed by atoms with Crippen molar-refractivity contribution in [2.45, 2.75) is 32.6 Å². The van der Waals surface area contributed by atoms with Crippen molar-refractivity contribution in [1.29, 1.82) is 0 Å². The quantitative estimate of drug-likeness (QED) is 0.551. The van der Waals surface area contributed by atoms with E-state index in [9.17, 15) is 14.4 Å². The number of likely N-dealkylation sites (tertiary alicyclic amines) is 1. The number of esters is 1. The van der Waals surface area contributed by atoms with E-state index in [1.54, 1.807) is 11.8 Å². The molecular weight excluding hydrogens is 334 g/mol. The minimum absolute atomic E-state index is 0.0658. The number of piperidine rings is 1. The highest BCUT2D eigenvalue weighted by molar-refractivity contribution is 6.00. The number of amides is 1. The number of nitrogens with zero attached hydrogens (tertiary/aromatic N) is 1. The zero-order valence-electron chi connectivity index (χ0n) is 15.5. The molecular formula is C20H27NO5. The number of Topliss-reactive ketones (excluding diaryl/α,β-unsaturated/α-hetero) is 1. The molecule has 1 aliphatic heterocycles. The standard InChI is InChI=1S/C20H27NO5/c1-3-26-19(23)17(10-9-15-7-5-4-6-8-15)18(22)16-11-13-21(14-12-16)20(24)25-2/h4-8,16-17H,3,9-14H2,1-2H3. The second-order valence-electron chi connectivity index (χ2n) is 6.46. The van der Waals surface area contributed by atoms with Crippen LogP contribution in [0, 0.1) is 11.8 Å². The van der Waals surface area contributed by atoms with Gasteiger partial charge in [-0.05, 0) is 38.2 Å². The van der Waals surface area contributed by atoms with Crippen LogP contribution in [0.5, 0.6) is 0 Å². The predicted octanol–water partition coefficient (Wildman–Crippen LogP) is 2.85. The van der Waals surface area contributed by atoms with Gasteiger partial charge in [0.15, 0.2) is 0 Å². The first kappa shape index (κ1) is 19.9. The van der Waals surface area contributed by atoms with Crippen LogP contribution in [-0.4, -0.2) is 49.6 Å². The first-order chi connectivity index (χ1) is 12.6. The van der Waals surface area contributed by atoms with E-state index >= 15 is 0 Å². The van der Waals surface area contributed by atoms with Crippen LogP contribution in [0.3, 0.4) is 0 Å². The van der Waals surface area contributed by atoms with Gasteiger partial charge in [0.2, 0.25) is 0 Å². The Kier molecular flexibility index (Phi) is 7.63. The summed E-state index contributed by atoms with van der Waals surface area (Å²) in [6, 6.07) is 9.80. The summed E-state index contributed by atoms with van der Waals surface area (Å²) in [6.45, 7) is 2.94. The van der Waals surface area contributed by atoms with E-state index in [0.29, 0.717) is 38.8 Å². The highest BCUT2D eigenvalue weighted by Crippen LogP contribution is 2.25. The molecule has 1 saturated heterocycles. The predicted molar refractivity (Wildman–Crippen MR) is 96.6 cm³/mol. The molecule has 1 aliphatic rings. The van der Waals surface area contributed by atoms with Gasteiger partial charge >= 0.3 is 12.1 Å². The average molecular weight is 361 g/mol. The van der Waals surface area contributed by atoms with Gasteiger partial charge in [0.05, 0.1) is 13.7 Å². The molecule has 26 heavy (non-hydrogen) atoms. The number of ketones is 1. The van der Waals surface area contributed by atoms with Crippen molar-refractivity contribution in [3.63, 3.8) is 0 Å². The number of benzene rings is 1. The van der Waals surface area contributed by atoms with Crippen LogP contribution in [-0.2, 0) is 25.5 Å². The van der Waals surface area contributed by atoms with Crippen LogP contribution < -0.4 is 0 Å². The fraction of sp³-hybridized carbons (Fsp3) is 0.550. The zero-order valence-corrected chi connectivity index (χ0v) is 15.5. The molecule has 1 amide bonds. The lowest BCUT2D eigenvalue weighted by atomic mass is 9.83. The van der Waals surface area contributed by atoms with E-state index in [1.807, 2.05) is 30.3 Å². The van der Waals surface area contributed by atoms with E-state index in [4.69, 9.17) is 9.47 Å². The summed E-state index contributed by atoms with van der Waals surface area (Å²) in [7, 11) is 1.35. The normalized spacial score (nSPS) is 16.0. The topological polar surface area (TPSA) is 72.9 Å². The Hall–Kier alpha value is -2.37. The fourth-order valence-electron chi connectivity index (χ4n) is 3.33. The van der Waals surface area contributed by atoms with Gasteiger partial charge < -0.3 is 14.4 Å². The summed E-state index contributed by atoms with van der Waals surface area (Å²) in [4.78, 5) is 38.5. The Labute approximate surface area is 154 Å². The number of ether oxygens (including phenoxy) is 2. The number of hydrogen-bond donors (Lipinski definition) is 0. The van der Waals surface area contributed by atoms with Crippen molar-refractivity contribution in [3.8, 4) is 0 Å². The van der Waals surface area contributed by atoms with E-state index < -0.39 is 11.9 Å². The lowest BCUT2D eigenvalue weighted by Crippen LogP contribution is -2.42. The molecule has 0 aliphatic carbocycles. The molecule has 1 aromatic rings. The minimum Gasteiger partial charge on any atom is -0.465 e. The molecule has 0 bridgehead atoms. The molecule has 1 heterocycles. The maximum atomic E-state index is 12.9. The number of carbonyl (C=O) groups is 3. The average Bonchev–Trinajstić information content (AvgIpc) is 2.68. The zero-order chi connectivity index (χ0) is 18.9. The van der Waals surface area contributed by atoms with Gasteiger partial charge in [-0.1, -0.05) is 30.3 Å². The SMILES string of the molecule is CCOC(=O)C(CCc1ccccc1)C(=O)C1CCN(C(=O)OC)CC1. The molecule has 6 nitrogen and oxygen atoms in total. The Bertz CT molecular complexity index is 608. The van der Waals surface area contributed by atoms with Crippen molar-refractivity contribution in [2.75, 3.05) is 26.8 Å². The lowest BCUT2D eigenvalue weighted by molar-refractivity contribution is -0.153. The van der Waals surface area contributed by atoms with Gasteiger partial charge in [-0.15, -0.1) is 0 Å². The first-order valence-corrected chi connectivity index (χ1v) is 9.14. The second kappa shape index (κ2) is 9.94. The van der Waals surface area contributed by atoms with Gasteiger partial charge in [-0.25, -0.2) is 4.79 Å². The summed E-state index contributed by atoms with van der Waals surface area (Å²) in [5.74, 6) is -1.47. The number of hydrogen-bond acceptors (Lipinski definition) is 5. The lowest BCUT2D eigenvalue weighted by Gasteiger charge is -2.31. The highest BCUT2D eigenvalue weighted by Gasteiger charge is 2.35. The summed E-state index contributed by atoms with van der Waals surface area (Å²) in [5, 5.41) is 0. The number of aryl methyl sites for hydroxylation is 1. The third-order valence-corrected chi connectivity index (χ3v) is 4.81. The molecule has 0 radical (unpaired) electrons. The van der Waals surface area contributed by atoms with Gasteiger partial charge in [-0.3, -0.25) is 9.59 Å². The maximum absolute atomic E-state index is 12.9. The van der Waals surface area contributed by atoms with Crippen LogP contribution in [0.1, 0.15) is 31.7 Å². The molecule has 6 heteroatoms. The second-order valence-corrected chi connectivity index (χ2v) is 6.46. The third-order valence-electron chi connectivity index (χ3n) is 4.81. The highest BCUT2D eigenvalue weighted by atomic mass is 16.5. The minimum atomic E-state index is -0.746. The van der Waals surface area contributed by atoms with Gasteiger partial charge in [0.1, 0.15) is 11.7 Å². The molecule has 1 fully saturated rings. The van der Waals surface area contributed by atoms with Crippen molar-refractivity contribution >= 4 is 17.8 Å². The van der Waals surface area contributed by atoms with Crippen molar-refractivity contribution < 1.29 is 23.9 Å². The summed E-state index contributed by atoms with van der Waals surface area (Å²) in [5.41, 5.74) is 1.09. The van der Waals surface area contributed by atoms with E-state index in [-0.39, 0.29) is 24.4 Å². The molecule has 1 atom stereocenters. The van der Waals surface area contributed by atoms with Crippen LogP contribution in [0.4, 0.5) is 4.79 Å². The Morgan fingerprint density at radius 3 is 2.38 bits per heavy atom. The Morgan fingerprint density at radius 2 is 1.81 bits per heavy atom. The van der Waals surface area contributed by atoms with Gasteiger partial charge in [-0.2, -0.15) is 0 Å². The molecule has 0 spiro atoms. The van der Waals surface area contributed by atoms with Crippen molar-refractivity contribution in [2.24, 2.45) is 11.8 Å². The molecule has 1 unspecified atom stereocenters. The largest absolute Gasteiger partial charge is 0.465 e. The first-order valence-electron chi connectivity index (χ1n) is 9.14. The summed E-state index contributed by atoms with van der Waals surface area (Å²) in [6.07, 6.45) is 1.82. The Balaban J connectivity index is 1.99. The molecule has 2 rings (SSSR count). The Morgan fingerprint density at radius 1 is 1.15 bits per heavy atom. The summed E-state index contributed by atoms with van der Waals surface area (Å²) >= 11 is 0. The molecule has 0 saturated carbocycles. The van der Waals surface area contributed by atoms with E-state index in [1.165, 1.54) is 7.11 Å². The fourth-order valence-corrected chi connectivity index (χ4v) is 3.33. The van der Waals surface area contributed by atoms with Crippen LogP contribution >= 0.6 is 0 Å². The maximum Gasteiger partial charge on any atom is 0.409 e. The monoisotopic (exact) mass is 361 g/mol.